The van der Waals surface area contributed by atoms with Crippen molar-refractivity contribution in [2.75, 3.05) is 0 Å². The first kappa shape index (κ1) is 42.7. The molecule has 0 heterocycles. The average molecular weight is 843 g/mol. The molecule has 0 amide bonds. The van der Waals surface area contributed by atoms with Crippen molar-refractivity contribution in [1.29, 1.82) is 0 Å². The van der Waals surface area contributed by atoms with Gasteiger partial charge in [-0.1, -0.05) is 50.2 Å². The minimum absolute atomic E-state index is 0.00590. The maximum Gasteiger partial charge on any atom is 0.206 e. The van der Waals surface area contributed by atoms with Gasteiger partial charge in [-0.3, -0.25) is 0 Å². The van der Waals surface area contributed by atoms with Gasteiger partial charge in [0.2, 0.25) is 21.5 Å². The van der Waals surface area contributed by atoms with Gasteiger partial charge in [-0.2, -0.15) is 8.78 Å². The van der Waals surface area contributed by atoms with Crippen LogP contribution in [0.15, 0.2) is 107 Å². The molecule has 6 aromatic rings. The van der Waals surface area contributed by atoms with Crippen LogP contribution in [0.2, 0.25) is 0 Å². The third kappa shape index (κ3) is 7.84. The fraction of sp³-hybridized carbons (Fsp3) is 0.182. The normalized spacial score (nSPS) is 13.8. The zero-order valence-electron chi connectivity index (χ0n) is 31.6. The van der Waals surface area contributed by atoms with Gasteiger partial charge >= 0.3 is 0 Å². The van der Waals surface area contributed by atoms with Gasteiger partial charge in [0.25, 0.3) is 0 Å². The Kier molecular flexibility index (Phi) is 11.6. The van der Waals surface area contributed by atoms with Gasteiger partial charge in [0.15, 0.2) is 40.7 Å². The van der Waals surface area contributed by atoms with Crippen LogP contribution in [0.5, 0.6) is 23.0 Å². The molecule has 2 atom stereocenters. The van der Waals surface area contributed by atoms with Gasteiger partial charge in [-0.05, 0) is 104 Å². The zero-order valence-corrected chi connectivity index (χ0v) is 32.4. The summed E-state index contributed by atoms with van der Waals surface area (Å²) in [6, 6.07) is 24.6. The summed E-state index contributed by atoms with van der Waals surface area (Å²) in [5, 5.41) is 19.7. The molecule has 0 aliphatic heterocycles. The van der Waals surface area contributed by atoms with E-state index in [-0.39, 0.29) is 22.0 Å². The molecule has 0 saturated carbocycles. The van der Waals surface area contributed by atoms with E-state index in [0.717, 1.165) is 6.92 Å². The van der Waals surface area contributed by atoms with E-state index in [1.165, 1.54) is 55.5 Å². The second kappa shape index (κ2) is 16.0. The Balaban J connectivity index is 1.17. The van der Waals surface area contributed by atoms with Crippen molar-refractivity contribution in [3.05, 3.63) is 155 Å². The van der Waals surface area contributed by atoms with E-state index in [0.29, 0.717) is 34.6 Å². The first-order valence-corrected chi connectivity index (χ1v) is 19.4. The molecular formula is C44H34F8O6S. The fourth-order valence-electron chi connectivity index (χ4n) is 6.30. The number of benzene rings is 6. The van der Waals surface area contributed by atoms with E-state index in [9.17, 15) is 36.2 Å². The van der Waals surface area contributed by atoms with Crippen LogP contribution in [0.3, 0.4) is 0 Å². The lowest BCUT2D eigenvalue weighted by Gasteiger charge is -2.31. The van der Waals surface area contributed by atoms with Gasteiger partial charge in [0.05, 0.1) is 32.1 Å². The Morgan fingerprint density at radius 1 is 0.525 bits per heavy atom. The number of hydrogen-bond acceptors (Lipinski definition) is 6. The Morgan fingerprint density at radius 3 is 1.31 bits per heavy atom. The van der Waals surface area contributed by atoms with Crippen LogP contribution in [-0.2, 0) is 21.0 Å². The van der Waals surface area contributed by atoms with E-state index < -0.39 is 90.0 Å². The van der Waals surface area contributed by atoms with Crippen LogP contribution in [0.4, 0.5) is 35.1 Å². The molecule has 15 heteroatoms. The number of hydrogen-bond donors (Lipinski definition) is 2. The molecule has 6 nitrogen and oxygen atoms in total. The Bertz CT molecular complexity index is 2590. The van der Waals surface area contributed by atoms with Crippen molar-refractivity contribution in [2.45, 2.75) is 61.5 Å². The molecule has 0 saturated heterocycles. The van der Waals surface area contributed by atoms with Crippen LogP contribution in [0.25, 0.3) is 22.3 Å². The lowest BCUT2D eigenvalue weighted by molar-refractivity contribution is 0.0530. The summed E-state index contributed by atoms with van der Waals surface area (Å²) in [6.45, 7) is 5.95. The zero-order chi connectivity index (χ0) is 43.2. The predicted molar refractivity (Wildman–Crippen MR) is 202 cm³/mol. The Hall–Kier alpha value is -5.93. The lowest BCUT2D eigenvalue weighted by Crippen LogP contribution is -2.32. The second-order valence-electron chi connectivity index (χ2n) is 13.9. The minimum Gasteiger partial charge on any atom is -0.503 e. The van der Waals surface area contributed by atoms with Crippen molar-refractivity contribution < 1.29 is 63.2 Å². The third-order valence-electron chi connectivity index (χ3n) is 10.2. The number of rotatable bonds is 12. The van der Waals surface area contributed by atoms with E-state index in [2.05, 4.69) is 0 Å². The number of ether oxygens (including phenoxy) is 2. The van der Waals surface area contributed by atoms with Crippen LogP contribution >= 0.6 is 0 Å². The monoisotopic (exact) mass is 842 g/mol. The molecule has 6 rings (SSSR count). The SMILES string of the molecule is CCC(C)(O)c1ccc(S(=O)(=O)c2ccc(Oc3ccc(-c4ccc(OC(C)(CC)c5c(F)c(F)c(-c6c(F)c(F)c(O)c(F)c6F)c(F)c5F)cc4)cc3)cc2)cc1. The molecule has 6 aromatic carbocycles. The molecule has 308 valence electrons. The van der Waals surface area contributed by atoms with Crippen molar-refractivity contribution in [3.63, 3.8) is 0 Å². The van der Waals surface area contributed by atoms with E-state index >= 15 is 17.6 Å². The third-order valence-corrected chi connectivity index (χ3v) is 12.0. The molecule has 59 heavy (non-hydrogen) atoms. The molecule has 0 spiro atoms. The largest absolute Gasteiger partial charge is 0.503 e. The van der Waals surface area contributed by atoms with Crippen LogP contribution in [0, 0.1) is 46.5 Å². The number of aromatic hydroxyl groups is 1. The summed E-state index contributed by atoms with van der Waals surface area (Å²) < 4.78 is 157. The van der Waals surface area contributed by atoms with Crippen molar-refractivity contribution >= 4 is 9.84 Å². The maximum atomic E-state index is 15.6. The van der Waals surface area contributed by atoms with E-state index in [1.807, 2.05) is 6.92 Å². The van der Waals surface area contributed by atoms with Crippen LogP contribution in [0.1, 0.15) is 51.7 Å². The molecule has 0 fully saturated rings. The Morgan fingerprint density at radius 2 is 0.898 bits per heavy atom. The topological polar surface area (TPSA) is 93.1 Å². The molecular weight excluding hydrogens is 809 g/mol. The number of phenolic OH excluding ortho intramolecular Hbond substituents is 1. The number of phenols is 1. The number of aliphatic hydroxyl groups is 1. The van der Waals surface area contributed by atoms with Gasteiger partial charge in [0, 0.05) is 0 Å². The highest BCUT2D eigenvalue weighted by atomic mass is 32.2. The Labute approximate surface area is 333 Å². The summed E-state index contributed by atoms with van der Waals surface area (Å²) in [5.41, 5.74) is -6.77. The smallest absolute Gasteiger partial charge is 0.206 e. The molecule has 2 unspecified atom stereocenters. The van der Waals surface area contributed by atoms with E-state index in [1.54, 1.807) is 55.5 Å². The summed E-state index contributed by atoms with van der Waals surface area (Å²) in [6.07, 6.45) is 0.153. The molecule has 0 bridgehead atoms. The molecule has 0 radical (unpaired) electrons. The minimum atomic E-state index is -3.85. The van der Waals surface area contributed by atoms with Crippen molar-refractivity contribution in [1.82, 2.24) is 0 Å². The standard InChI is InChI=1S/C44H34F8O6S/c1-5-43(3,54)25-11-19-29(20-12-25)59(55,56)30-21-17-27(18-22-30)57-26-13-7-23(8-14-26)24-9-15-28(16-10-24)58-44(4,6-2)33-38(49)34(45)31(35(46)39(33)50)32-36(47)40(51)42(53)41(52)37(32)48/h7-22,53-54H,5-6H2,1-4H3. The average Bonchev–Trinajstić information content (AvgIpc) is 3.23. The summed E-state index contributed by atoms with van der Waals surface area (Å²) in [4.78, 5) is 0.114. The molecule has 0 aliphatic carbocycles. The van der Waals surface area contributed by atoms with E-state index in [4.69, 9.17) is 9.47 Å². The maximum absolute atomic E-state index is 15.6. The molecule has 0 aliphatic rings. The van der Waals surface area contributed by atoms with Crippen LogP contribution in [-0.4, -0.2) is 18.6 Å². The second-order valence-corrected chi connectivity index (χ2v) is 15.9. The van der Waals surface area contributed by atoms with Crippen LogP contribution < -0.4 is 9.47 Å². The molecule has 2 N–H and O–H groups in total. The fourth-order valence-corrected chi connectivity index (χ4v) is 7.56. The molecule has 0 aromatic heterocycles. The summed E-state index contributed by atoms with van der Waals surface area (Å²) >= 11 is 0. The summed E-state index contributed by atoms with van der Waals surface area (Å²) in [5.74, 6) is -20.2. The van der Waals surface area contributed by atoms with Gasteiger partial charge in [-0.15, -0.1) is 0 Å². The van der Waals surface area contributed by atoms with Gasteiger partial charge < -0.3 is 19.7 Å². The van der Waals surface area contributed by atoms with Crippen molar-refractivity contribution in [3.8, 4) is 45.3 Å². The first-order valence-electron chi connectivity index (χ1n) is 17.9. The highest BCUT2D eigenvalue weighted by Crippen LogP contribution is 2.43. The first-order chi connectivity index (χ1) is 27.7. The van der Waals surface area contributed by atoms with Crippen molar-refractivity contribution in [2.24, 2.45) is 0 Å². The number of halogens is 8. The predicted octanol–water partition coefficient (Wildman–Crippen LogP) is 11.8. The summed E-state index contributed by atoms with van der Waals surface area (Å²) in [7, 11) is -3.85. The lowest BCUT2D eigenvalue weighted by atomic mass is 9.88. The highest BCUT2D eigenvalue weighted by molar-refractivity contribution is 7.91. The number of sulfone groups is 1. The van der Waals surface area contributed by atoms with Gasteiger partial charge in [-0.25, -0.2) is 34.8 Å². The van der Waals surface area contributed by atoms with Gasteiger partial charge in [0.1, 0.15) is 22.8 Å². The quantitative estimate of drug-likeness (QED) is 0.0942. The highest BCUT2D eigenvalue weighted by Gasteiger charge is 2.41.